The molecule has 0 aliphatic rings. The molecule has 2 heterocycles. The maximum Gasteiger partial charge on any atom is 0.136 e. The Bertz CT molecular complexity index is 788. The number of nitrogens with one attached hydrogen (secondary N) is 1. The summed E-state index contributed by atoms with van der Waals surface area (Å²) in [5, 5.41) is 4.40. The van der Waals surface area contributed by atoms with Crippen LogP contribution in [0, 0.1) is 0 Å². The first-order valence-corrected chi connectivity index (χ1v) is 8.03. The van der Waals surface area contributed by atoms with Crippen LogP contribution in [-0.4, -0.2) is 23.1 Å². The predicted molar refractivity (Wildman–Crippen MR) is 94.8 cm³/mol. The van der Waals surface area contributed by atoms with Crippen molar-refractivity contribution in [3.8, 4) is 11.3 Å². The highest BCUT2D eigenvalue weighted by atomic mass is 79.9. The van der Waals surface area contributed by atoms with Gasteiger partial charge in [0.25, 0.3) is 0 Å². The van der Waals surface area contributed by atoms with E-state index in [1.54, 1.807) is 6.20 Å². The van der Waals surface area contributed by atoms with E-state index in [4.69, 9.17) is 10.7 Å². The van der Waals surface area contributed by atoms with Gasteiger partial charge in [-0.05, 0) is 43.3 Å². The van der Waals surface area contributed by atoms with Gasteiger partial charge in [-0.25, -0.2) is 4.98 Å². The molecule has 0 bridgehead atoms. The molecule has 3 rings (SSSR count). The zero-order chi connectivity index (χ0) is 15.4. The number of halogens is 1. The summed E-state index contributed by atoms with van der Waals surface area (Å²) >= 11 is 3.51. The van der Waals surface area contributed by atoms with Crippen LogP contribution < -0.4 is 11.1 Å². The lowest BCUT2D eigenvalue weighted by Crippen LogP contribution is -2.10. The second kappa shape index (κ2) is 6.85. The first kappa shape index (κ1) is 14.9. The van der Waals surface area contributed by atoms with Gasteiger partial charge >= 0.3 is 0 Å². The number of pyridine rings is 2. The SMILES string of the molecule is NCCCNc1nc(-c2cccc(Br)c2)cc2ncccc12. The molecule has 0 aliphatic heterocycles. The second-order valence-corrected chi connectivity index (χ2v) is 5.92. The molecule has 2 aromatic heterocycles. The Morgan fingerprint density at radius 3 is 2.86 bits per heavy atom. The number of benzene rings is 1. The molecule has 0 aliphatic carbocycles. The van der Waals surface area contributed by atoms with Gasteiger partial charge in [0.2, 0.25) is 0 Å². The van der Waals surface area contributed by atoms with Crippen molar-refractivity contribution in [2.75, 3.05) is 18.4 Å². The van der Waals surface area contributed by atoms with E-state index in [2.05, 4.69) is 32.3 Å². The Morgan fingerprint density at radius 2 is 2.05 bits per heavy atom. The summed E-state index contributed by atoms with van der Waals surface area (Å²) in [5.74, 6) is 0.856. The molecule has 1 aromatic carbocycles. The average molecular weight is 357 g/mol. The highest BCUT2D eigenvalue weighted by Gasteiger charge is 2.08. The zero-order valence-electron chi connectivity index (χ0n) is 12.1. The summed E-state index contributed by atoms with van der Waals surface area (Å²) in [6.45, 7) is 1.46. The highest BCUT2D eigenvalue weighted by Crippen LogP contribution is 2.28. The minimum absolute atomic E-state index is 0.661. The number of anilines is 1. The number of nitrogens with two attached hydrogens (primary N) is 1. The lowest BCUT2D eigenvalue weighted by Gasteiger charge is -2.11. The van der Waals surface area contributed by atoms with Crippen molar-refractivity contribution in [2.24, 2.45) is 5.73 Å². The van der Waals surface area contributed by atoms with Gasteiger partial charge in [0.05, 0.1) is 11.2 Å². The number of aromatic nitrogens is 2. The van der Waals surface area contributed by atoms with Crippen LogP contribution in [0.5, 0.6) is 0 Å². The smallest absolute Gasteiger partial charge is 0.136 e. The third-order valence-corrected chi connectivity index (χ3v) is 3.89. The van der Waals surface area contributed by atoms with Crippen LogP contribution in [-0.2, 0) is 0 Å². The van der Waals surface area contributed by atoms with E-state index in [1.165, 1.54) is 0 Å². The standard InChI is InChI=1S/C17H17BrN4/c18-13-5-1-4-12(10-13)15-11-16-14(6-2-8-20-16)17(22-15)21-9-3-7-19/h1-2,4-6,8,10-11H,3,7,9,19H2,(H,21,22). The first-order valence-electron chi connectivity index (χ1n) is 7.23. The molecule has 0 saturated carbocycles. The molecule has 0 spiro atoms. The van der Waals surface area contributed by atoms with Gasteiger partial charge in [-0.15, -0.1) is 0 Å². The maximum atomic E-state index is 5.56. The number of fused-ring (bicyclic) bond motifs is 1. The van der Waals surface area contributed by atoms with Crippen LogP contribution >= 0.6 is 15.9 Å². The first-order chi connectivity index (χ1) is 10.8. The summed E-state index contributed by atoms with van der Waals surface area (Å²) in [6, 6.07) is 14.1. The molecule has 0 unspecified atom stereocenters. The van der Waals surface area contributed by atoms with Crippen molar-refractivity contribution in [3.63, 3.8) is 0 Å². The molecule has 0 radical (unpaired) electrons. The minimum atomic E-state index is 0.661. The van der Waals surface area contributed by atoms with Crippen molar-refractivity contribution in [1.82, 2.24) is 9.97 Å². The maximum absolute atomic E-state index is 5.56. The molecule has 4 nitrogen and oxygen atoms in total. The molecule has 3 aromatic rings. The van der Waals surface area contributed by atoms with Gasteiger partial charge in [-0.3, -0.25) is 4.98 Å². The molecule has 0 saturated heterocycles. The fraction of sp³-hybridized carbons (Fsp3) is 0.176. The summed E-state index contributed by atoms with van der Waals surface area (Å²) < 4.78 is 1.03. The quantitative estimate of drug-likeness (QED) is 0.682. The van der Waals surface area contributed by atoms with E-state index >= 15 is 0 Å². The van der Waals surface area contributed by atoms with E-state index < -0.39 is 0 Å². The van der Waals surface area contributed by atoms with Gasteiger partial charge in [0.1, 0.15) is 5.82 Å². The van der Waals surface area contributed by atoms with Crippen LogP contribution in [0.3, 0.4) is 0 Å². The van der Waals surface area contributed by atoms with Crippen LogP contribution in [0.1, 0.15) is 6.42 Å². The van der Waals surface area contributed by atoms with Crippen molar-refractivity contribution in [2.45, 2.75) is 6.42 Å². The monoisotopic (exact) mass is 356 g/mol. The predicted octanol–water partition coefficient (Wildman–Crippen LogP) is 3.82. The summed E-state index contributed by atoms with van der Waals surface area (Å²) in [7, 11) is 0. The number of hydrogen-bond donors (Lipinski definition) is 2. The fourth-order valence-corrected chi connectivity index (χ4v) is 2.71. The summed E-state index contributed by atoms with van der Waals surface area (Å²) in [4.78, 5) is 9.23. The van der Waals surface area contributed by atoms with Crippen LogP contribution in [0.2, 0.25) is 0 Å². The van der Waals surface area contributed by atoms with Crippen molar-refractivity contribution >= 4 is 32.7 Å². The summed E-state index contributed by atoms with van der Waals surface area (Å²) in [6.07, 6.45) is 2.71. The van der Waals surface area contributed by atoms with Crippen molar-refractivity contribution in [3.05, 3.63) is 53.1 Å². The Hall–Kier alpha value is -1.98. The largest absolute Gasteiger partial charge is 0.369 e. The van der Waals surface area contributed by atoms with Gasteiger partial charge in [-0.1, -0.05) is 28.1 Å². The van der Waals surface area contributed by atoms with Gasteiger partial charge in [0, 0.05) is 28.2 Å². The van der Waals surface area contributed by atoms with Crippen molar-refractivity contribution < 1.29 is 0 Å². The Kier molecular flexibility index (Phi) is 4.65. The topological polar surface area (TPSA) is 63.8 Å². The third kappa shape index (κ3) is 3.26. The molecule has 0 fully saturated rings. The fourth-order valence-electron chi connectivity index (χ4n) is 2.31. The third-order valence-electron chi connectivity index (χ3n) is 3.39. The van der Waals surface area contributed by atoms with Crippen LogP contribution in [0.4, 0.5) is 5.82 Å². The summed E-state index contributed by atoms with van der Waals surface area (Å²) in [5.41, 5.74) is 8.46. The van der Waals surface area contributed by atoms with E-state index in [1.807, 2.05) is 36.4 Å². The van der Waals surface area contributed by atoms with E-state index in [-0.39, 0.29) is 0 Å². The van der Waals surface area contributed by atoms with Gasteiger partial charge in [0.15, 0.2) is 0 Å². The molecule has 3 N–H and O–H groups in total. The molecular formula is C17H17BrN4. The normalized spacial score (nSPS) is 10.8. The van der Waals surface area contributed by atoms with E-state index in [0.29, 0.717) is 6.54 Å². The second-order valence-electron chi connectivity index (χ2n) is 5.01. The zero-order valence-corrected chi connectivity index (χ0v) is 13.7. The Balaban J connectivity index is 2.07. The lowest BCUT2D eigenvalue weighted by atomic mass is 10.1. The number of nitrogens with zero attached hydrogens (tertiary/aromatic N) is 2. The molecular weight excluding hydrogens is 340 g/mol. The lowest BCUT2D eigenvalue weighted by molar-refractivity contribution is 0.871. The van der Waals surface area contributed by atoms with Crippen LogP contribution in [0.15, 0.2) is 53.1 Å². The van der Waals surface area contributed by atoms with Gasteiger partial charge in [-0.2, -0.15) is 0 Å². The number of hydrogen-bond acceptors (Lipinski definition) is 4. The molecule has 112 valence electrons. The highest BCUT2D eigenvalue weighted by molar-refractivity contribution is 9.10. The average Bonchev–Trinajstić information content (AvgIpc) is 2.55. The van der Waals surface area contributed by atoms with Crippen LogP contribution in [0.25, 0.3) is 22.2 Å². The molecule has 22 heavy (non-hydrogen) atoms. The van der Waals surface area contributed by atoms with Crippen molar-refractivity contribution in [1.29, 1.82) is 0 Å². The molecule has 0 atom stereocenters. The Labute approximate surface area is 137 Å². The van der Waals surface area contributed by atoms with E-state index in [0.717, 1.165) is 45.4 Å². The molecule has 5 heteroatoms. The van der Waals surface area contributed by atoms with Gasteiger partial charge < -0.3 is 11.1 Å². The molecule has 0 amide bonds. The number of rotatable bonds is 5. The van der Waals surface area contributed by atoms with E-state index in [9.17, 15) is 0 Å². The Morgan fingerprint density at radius 1 is 1.14 bits per heavy atom. The minimum Gasteiger partial charge on any atom is -0.369 e.